The number of pyridine rings is 1. The number of hydrogen-bond donors (Lipinski definition) is 0. The first kappa shape index (κ1) is 15.9. The minimum atomic E-state index is -0.585. The van der Waals surface area contributed by atoms with Crippen LogP contribution in [0.2, 0.25) is 0 Å². The molecule has 2 aromatic rings. The summed E-state index contributed by atoms with van der Waals surface area (Å²) < 4.78 is 19.4. The molecule has 1 saturated heterocycles. The smallest absolute Gasteiger partial charge is 0.275 e. The zero-order chi connectivity index (χ0) is 17.2. The van der Waals surface area contributed by atoms with Gasteiger partial charge in [-0.25, -0.2) is 9.37 Å². The van der Waals surface area contributed by atoms with Crippen molar-refractivity contribution in [1.29, 1.82) is 0 Å². The molecule has 0 bridgehead atoms. The Morgan fingerprint density at radius 1 is 1.24 bits per heavy atom. The Balaban J connectivity index is 1.30. The van der Waals surface area contributed by atoms with Gasteiger partial charge in [0.1, 0.15) is 0 Å². The van der Waals surface area contributed by atoms with Gasteiger partial charge >= 0.3 is 0 Å². The Morgan fingerprint density at radius 2 is 2.12 bits per heavy atom. The van der Waals surface area contributed by atoms with E-state index >= 15 is 0 Å². The van der Waals surface area contributed by atoms with E-state index in [9.17, 15) is 9.18 Å². The van der Waals surface area contributed by atoms with Crippen molar-refractivity contribution < 1.29 is 13.9 Å². The third kappa shape index (κ3) is 3.60. The Morgan fingerprint density at radius 3 is 2.84 bits per heavy atom. The van der Waals surface area contributed by atoms with Crippen LogP contribution in [0.4, 0.5) is 4.39 Å². The van der Waals surface area contributed by atoms with E-state index in [1.54, 1.807) is 4.90 Å². The third-order valence-electron chi connectivity index (χ3n) is 4.66. The number of likely N-dealkylation sites (tertiary alicyclic amines) is 1. The van der Waals surface area contributed by atoms with Crippen molar-refractivity contribution in [3.8, 4) is 5.88 Å². The first-order chi connectivity index (χ1) is 12.2. The fourth-order valence-corrected chi connectivity index (χ4v) is 3.05. The Labute approximate surface area is 145 Å². The van der Waals surface area contributed by atoms with E-state index < -0.39 is 5.82 Å². The number of rotatable bonds is 5. The number of nitrogens with zero attached hydrogens (tertiary/aromatic N) is 4. The molecule has 7 heteroatoms. The normalized spacial score (nSPS) is 19.9. The van der Waals surface area contributed by atoms with Gasteiger partial charge in [-0.1, -0.05) is 0 Å². The van der Waals surface area contributed by atoms with Crippen LogP contribution in [0.25, 0.3) is 0 Å². The molecule has 1 saturated carbocycles. The Bertz CT molecular complexity index is 764. The van der Waals surface area contributed by atoms with E-state index in [-0.39, 0.29) is 17.5 Å². The van der Waals surface area contributed by atoms with E-state index in [4.69, 9.17) is 4.74 Å². The van der Waals surface area contributed by atoms with Gasteiger partial charge in [-0.3, -0.25) is 4.79 Å². The summed E-state index contributed by atoms with van der Waals surface area (Å²) in [5, 5.41) is 8.29. The van der Waals surface area contributed by atoms with Crippen LogP contribution in [-0.2, 0) is 0 Å². The average molecular weight is 342 g/mol. The number of ether oxygens (including phenoxy) is 1. The van der Waals surface area contributed by atoms with Gasteiger partial charge in [-0.05, 0) is 37.5 Å². The highest BCUT2D eigenvalue weighted by Crippen LogP contribution is 2.38. The van der Waals surface area contributed by atoms with Crippen LogP contribution in [-0.4, -0.2) is 45.7 Å². The number of halogens is 1. The second-order valence-electron chi connectivity index (χ2n) is 6.62. The van der Waals surface area contributed by atoms with Crippen LogP contribution >= 0.6 is 0 Å². The molecule has 1 unspecified atom stereocenters. The molecular weight excluding hydrogens is 323 g/mol. The van der Waals surface area contributed by atoms with Crippen LogP contribution in [0.3, 0.4) is 0 Å². The highest BCUT2D eigenvalue weighted by Gasteiger charge is 2.29. The molecule has 25 heavy (non-hydrogen) atoms. The fourth-order valence-electron chi connectivity index (χ4n) is 3.05. The molecule has 2 aromatic heterocycles. The van der Waals surface area contributed by atoms with Crippen molar-refractivity contribution in [2.75, 3.05) is 19.7 Å². The first-order valence-electron chi connectivity index (χ1n) is 8.57. The largest absolute Gasteiger partial charge is 0.476 e. The number of hydrogen-bond acceptors (Lipinski definition) is 5. The van der Waals surface area contributed by atoms with Gasteiger partial charge in [0, 0.05) is 37.2 Å². The van der Waals surface area contributed by atoms with Crippen LogP contribution in [0.15, 0.2) is 30.5 Å². The molecule has 1 amide bonds. The maximum atomic E-state index is 13.7. The first-order valence-corrected chi connectivity index (χ1v) is 8.57. The summed E-state index contributed by atoms with van der Waals surface area (Å²) in [6, 6.07) is 6.54. The molecule has 1 aliphatic carbocycles. The summed E-state index contributed by atoms with van der Waals surface area (Å²) >= 11 is 0. The van der Waals surface area contributed by atoms with Gasteiger partial charge in [0.2, 0.25) is 5.88 Å². The van der Waals surface area contributed by atoms with E-state index in [1.807, 2.05) is 12.1 Å². The molecule has 6 nitrogen and oxygen atoms in total. The van der Waals surface area contributed by atoms with Gasteiger partial charge in [0.25, 0.3) is 5.91 Å². The fraction of sp³-hybridized carbons (Fsp3) is 0.444. The monoisotopic (exact) mass is 342 g/mol. The lowest BCUT2D eigenvalue weighted by molar-refractivity contribution is 0.0772. The molecule has 0 radical (unpaired) electrons. The van der Waals surface area contributed by atoms with Crippen molar-refractivity contribution in [3.63, 3.8) is 0 Å². The molecule has 1 atom stereocenters. The Hall–Kier alpha value is -2.57. The van der Waals surface area contributed by atoms with Crippen molar-refractivity contribution in [3.05, 3.63) is 47.7 Å². The van der Waals surface area contributed by atoms with Crippen molar-refractivity contribution >= 4 is 5.91 Å². The quantitative estimate of drug-likeness (QED) is 0.835. The second kappa shape index (κ2) is 6.74. The van der Waals surface area contributed by atoms with Gasteiger partial charge < -0.3 is 9.64 Å². The van der Waals surface area contributed by atoms with Crippen LogP contribution < -0.4 is 4.74 Å². The van der Waals surface area contributed by atoms with Crippen LogP contribution in [0, 0.1) is 11.7 Å². The lowest BCUT2D eigenvalue weighted by atomic mass is 10.1. The van der Waals surface area contributed by atoms with E-state index in [0.29, 0.717) is 31.5 Å². The molecule has 0 N–H and O–H groups in total. The predicted molar refractivity (Wildman–Crippen MR) is 87.7 cm³/mol. The second-order valence-corrected chi connectivity index (χ2v) is 6.62. The maximum absolute atomic E-state index is 13.7. The summed E-state index contributed by atoms with van der Waals surface area (Å²) in [6.45, 7) is 1.57. The van der Waals surface area contributed by atoms with E-state index in [1.165, 1.54) is 31.2 Å². The molecule has 4 rings (SSSR count). The zero-order valence-corrected chi connectivity index (χ0v) is 13.8. The van der Waals surface area contributed by atoms with Crippen LogP contribution in [0.1, 0.15) is 41.4 Å². The standard InChI is InChI=1S/C18H19FN4O2/c19-14-2-1-8-20-17(14)18(24)23-9-7-12(10-23)11-25-16-6-5-15(21-22-16)13-3-4-13/h1-2,5-6,8,12-13H,3-4,7,9-11H2. The molecule has 2 fully saturated rings. The minimum Gasteiger partial charge on any atom is -0.476 e. The number of carbonyl (C=O) groups is 1. The van der Waals surface area contributed by atoms with Crippen molar-refractivity contribution in [1.82, 2.24) is 20.1 Å². The summed E-state index contributed by atoms with van der Waals surface area (Å²) in [5.74, 6) is 0.320. The Kier molecular flexibility index (Phi) is 4.29. The number of carbonyl (C=O) groups excluding carboxylic acids is 1. The van der Waals surface area contributed by atoms with E-state index in [0.717, 1.165) is 12.1 Å². The lowest BCUT2D eigenvalue weighted by Gasteiger charge is -2.16. The highest BCUT2D eigenvalue weighted by molar-refractivity contribution is 5.92. The number of aromatic nitrogens is 3. The van der Waals surface area contributed by atoms with Crippen molar-refractivity contribution in [2.45, 2.75) is 25.2 Å². The summed E-state index contributed by atoms with van der Waals surface area (Å²) in [4.78, 5) is 17.8. The highest BCUT2D eigenvalue weighted by atomic mass is 19.1. The summed E-state index contributed by atoms with van der Waals surface area (Å²) in [7, 11) is 0. The van der Waals surface area contributed by atoms with Crippen LogP contribution in [0.5, 0.6) is 5.88 Å². The number of amides is 1. The lowest BCUT2D eigenvalue weighted by Crippen LogP contribution is -2.31. The SMILES string of the molecule is O=C(c1ncccc1F)N1CCC(COc2ccc(C3CC3)nn2)C1. The molecule has 2 aliphatic rings. The predicted octanol–water partition coefficient (Wildman–Crippen LogP) is 2.43. The third-order valence-corrected chi connectivity index (χ3v) is 4.66. The molecule has 130 valence electrons. The van der Waals surface area contributed by atoms with Gasteiger partial charge in [0.15, 0.2) is 11.5 Å². The van der Waals surface area contributed by atoms with Gasteiger partial charge in [-0.15, -0.1) is 5.10 Å². The van der Waals surface area contributed by atoms with Gasteiger partial charge in [-0.2, -0.15) is 5.10 Å². The minimum absolute atomic E-state index is 0.120. The van der Waals surface area contributed by atoms with Crippen molar-refractivity contribution in [2.24, 2.45) is 5.92 Å². The average Bonchev–Trinajstić information content (AvgIpc) is 3.38. The molecular formula is C18H19FN4O2. The molecule has 0 spiro atoms. The van der Waals surface area contributed by atoms with E-state index in [2.05, 4.69) is 15.2 Å². The molecule has 3 heterocycles. The van der Waals surface area contributed by atoms with Gasteiger partial charge in [0.05, 0.1) is 12.3 Å². The zero-order valence-electron chi connectivity index (χ0n) is 13.8. The molecule has 1 aliphatic heterocycles. The summed E-state index contributed by atoms with van der Waals surface area (Å²) in [6.07, 6.45) is 4.63. The topological polar surface area (TPSA) is 68.2 Å². The maximum Gasteiger partial charge on any atom is 0.275 e. The summed E-state index contributed by atoms with van der Waals surface area (Å²) in [5.41, 5.74) is 0.910. The molecule has 0 aromatic carbocycles.